The lowest BCUT2D eigenvalue weighted by Gasteiger charge is -2.32. The zero-order chi connectivity index (χ0) is 11.0. The van der Waals surface area contributed by atoms with Crippen molar-refractivity contribution in [2.45, 2.75) is 18.2 Å². The van der Waals surface area contributed by atoms with Gasteiger partial charge in [-0.05, 0) is 24.3 Å². The van der Waals surface area contributed by atoms with E-state index in [0.29, 0.717) is 11.3 Å². The number of nitrogens with one attached hydrogen (secondary N) is 1. The maximum absolute atomic E-state index is 5.82. The fourth-order valence-corrected chi connectivity index (χ4v) is 3.69. The fourth-order valence-electron chi connectivity index (χ4n) is 2.40. The third-order valence-electron chi connectivity index (χ3n) is 3.31. The Morgan fingerprint density at radius 3 is 3.19 bits per heavy atom. The van der Waals surface area contributed by atoms with Crippen LogP contribution in [0.2, 0.25) is 0 Å². The molecule has 0 radical (unpaired) electrons. The van der Waals surface area contributed by atoms with Gasteiger partial charge in [0.2, 0.25) is 0 Å². The smallest absolute Gasteiger partial charge is 0.124 e. The summed E-state index contributed by atoms with van der Waals surface area (Å²) in [6, 6.07) is 8.89. The summed E-state index contributed by atoms with van der Waals surface area (Å²) < 4.78 is 5.82. The van der Waals surface area contributed by atoms with E-state index in [1.165, 1.54) is 11.3 Å². The van der Waals surface area contributed by atoms with Gasteiger partial charge in [0.15, 0.2) is 0 Å². The van der Waals surface area contributed by atoms with Crippen molar-refractivity contribution in [3.05, 3.63) is 29.8 Å². The quantitative estimate of drug-likeness (QED) is 0.746. The van der Waals surface area contributed by atoms with Crippen molar-refractivity contribution in [1.82, 2.24) is 5.32 Å². The number of rotatable bonds is 0. The maximum atomic E-state index is 5.82. The van der Waals surface area contributed by atoms with E-state index in [1.807, 2.05) is 6.07 Å². The van der Waals surface area contributed by atoms with Gasteiger partial charge in [-0.1, -0.05) is 25.1 Å². The van der Waals surface area contributed by atoms with Gasteiger partial charge in [-0.3, -0.25) is 0 Å². The standard InChI is InChI=1S/C13H17NOS/c1-9-6-14-13-10-4-2-3-5-11(10)15-7-12(13)16-8-9/h2-5,9,12-14H,6-8H2,1H3. The molecule has 2 heterocycles. The zero-order valence-electron chi connectivity index (χ0n) is 9.48. The Morgan fingerprint density at radius 2 is 2.25 bits per heavy atom. The summed E-state index contributed by atoms with van der Waals surface area (Å²) in [6.45, 7) is 4.26. The minimum atomic E-state index is 0.472. The molecule has 3 unspecified atom stereocenters. The number of hydrogen-bond acceptors (Lipinski definition) is 3. The van der Waals surface area contributed by atoms with Crippen LogP contribution < -0.4 is 10.1 Å². The van der Waals surface area contributed by atoms with E-state index in [4.69, 9.17) is 4.74 Å². The van der Waals surface area contributed by atoms with Gasteiger partial charge in [0, 0.05) is 5.56 Å². The largest absolute Gasteiger partial charge is 0.492 e. The second-order valence-corrected chi connectivity index (χ2v) is 5.98. The van der Waals surface area contributed by atoms with Crippen molar-refractivity contribution >= 4 is 11.8 Å². The van der Waals surface area contributed by atoms with Crippen molar-refractivity contribution in [3.63, 3.8) is 0 Å². The summed E-state index contributed by atoms with van der Waals surface area (Å²) in [5.41, 5.74) is 1.33. The van der Waals surface area contributed by atoms with Crippen molar-refractivity contribution in [1.29, 1.82) is 0 Å². The summed E-state index contributed by atoms with van der Waals surface area (Å²) in [5, 5.41) is 4.26. The van der Waals surface area contributed by atoms with Crippen molar-refractivity contribution < 1.29 is 4.74 Å². The molecule has 3 rings (SSSR count). The van der Waals surface area contributed by atoms with Gasteiger partial charge in [-0.2, -0.15) is 11.8 Å². The van der Waals surface area contributed by atoms with Crippen molar-refractivity contribution in [3.8, 4) is 5.75 Å². The van der Waals surface area contributed by atoms with Crippen LogP contribution in [0, 0.1) is 5.92 Å². The topological polar surface area (TPSA) is 21.3 Å². The molecule has 3 atom stereocenters. The zero-order valence-corrected chi connectivity index (χ0v) is 10.3. The van der Waals surface area contributed by atoms with E-state index in [-0.39, 0.29) is 0 Å². The molecule has 0 aromatic heterocycles. The lowest BCUT2D eigenvalue weighted by atomic mass is 10.00. The molecule has 1 aromatic rings. The number of hydrogen-bond donors (Lipinski definition) is 1. The second kappa shape index (κ2) is 4.30. The predicted molar refractivity (Wildman–Crippen MR) is 68.1 cm³/mol. The van der Waals surface area contributed by atoms with E-state index in [1.54, 1.807) is 0 Å². The maximum Gasteiger partial charge on any atom is 0.124 e. The number of ether oxygens (including phenoxy) is 1. The van der Waals surface area contributed by atoms with Crippen LogP contribution in [-0.2, 0) is 0 Å². The molecule has 2 aliphatic rings. The highest BCUT2D eigenvalue weighted by Crippen LogP contribution is 2.39. The highest BCUT2D eigenvalue weighted by Gasteiger charge is 2.33. The Balaban J connectivity index is 1.92. The van der Waals surface area contributed by atoms with Crippen LogP contribution >= 0.6 is 11.8 Å². The molecule has 1 saturated heterocycles. The van der Waals surface area contributed by atoms with Gasteiger partial charge in [0.25, 0.3) is 0 Å². The van der Waals surface area contributed by atoms with Crippen LogP contribution in [0.1, 0.15) is 18.5 Å². The first-order valence-corrected chi connectivity index (χ1v) is 6.96. The SMILES string of the molecule is CC1CNC2c3ccccc3OCC2SC1. The number of fused-ring (bicyclic) bond motifs is 3. The first-order valence-electron chi connectivity index (χ1n) is 5.91. The average molecular weight is 235 g/mol. The van der Waals surface area contributed by atoms with Crippen LogP contribution in [0.4, 0.5) is 0 Å². The summed E-state index contributed by atoms with van der Waals surface area (Å²) in [4.78, 5) is 0. The average Bonchev–Trinajstić information content (AvgIpc) is 2.52. The van der Waals surface area contributed by atoms with Gasteiger partial charge in [-0.15, -0.1) is 0 Å². The van der Waals surface area contributed by atoms with E-state index in [0.717, 1.165) is 24.8 Å². The van der Waals surface area contributed by atoms with Crippen molar-refractivity contribution in [2.24, 2.45) is 5.92 Å². The molecule has 16 heavy (non-hydrogen) atoms. The van der Waals surface area contributed by atoms with E-state index >= 15 is 0 Å². The highest BCUT2D eigenvalue weighted by atomic mass is 32.2. The van der Waals surface area contributed by atoms with E-state index < -0.39 is 0 Å². The Kier molecular flexibility index (Phi) is 2.82. The Hall–Kier alpha value is -0.670. The molecule has 2 nitrogen and oxygen atoms in total. The normalized spacial score (nSPS) is 33.2. The summed E-state index contributed by atoms with van der Waals surface area (Å²) >= 11 is 2.05. The molecule has 0 amide bonds. The molecule has 1 aromatic carbocycles. The predicted octanol–water partition coefficient (Wildman–Crippen LogP) is 2.46. The Labute approximate surface area is 101 Å². The molecular weight excluding hydrogens is 218 g/mol. The lowest BCUT2D eigenvalue weighted by molar-refractivity contribution is 0.261. The summed E-state index contributed by atoms with van der Waals surface area (Å²) in [5.74, 6) is 3.05. The first kappa shape index (κ1) is 10.5. The van der Waals surface area contributed by atoms with Gasteiger partial charge in [0.05, 0.1) is 11.3 Å². The van der Waals surface area contributed by atoms with Crippen LogP contribution in [0.5, 0.6) is 5.75 Å². The summed E-state index contributed by atoms with van der Waals surface area (Å²) in [7, 11) is 0. The van der Waals surface area contributed by atoms with Crippen LogP contribution in [0.25, 0.3) is 0 Å². The Morgan fingerprint density at radius 1 is 1.38 bits per heavy atom. The summed E-state index contributed by atoms with van der Waals surface area (Å²) in [6.07, 6.45) is 0. The third kappa shape index (κ3) is 1.82. The molecule has 1 N–H and O–H groups in total. The van der Waals surface area contributed by atoms with Crippen molar-refractivity contribution in [2.75, 3.05) is 18.9 Å². The third-order valence-corrected chi connectivity index (χ3v) is 4.91. The number of thioether (sulfide) groups is 1. The minimum absolute atomic E-state index is 0.472. The molecule has 86 valence electrons. The highest BCUT2D eigenvalue weighted by molar-refractivity contribution is 8.00. The lowest BCUT2D eigenvalue weighted by Crippen LogP contribution is -2.36. The number of benzene rings is 1. The van der Waals surface area contributed by atoms with Crippen LogP contribution in [0.3, 0.4) is 0 Å². The molecule has 1 fully saturated rings. The van der Waals surface area contributed by atoms with E-state index in [9.17, 15) is 0 Å². The molecule has 0 aliphatic carbocycles. The van der Waals surface area contributed by atoms with Crippen LogP contribution in [-0.4, -0.2) is 24.2 Å². The van der Waals surface area contributed by atoms with Gasteiger partial charge >= 0.3 is 0 Å². The molecule has 0 spiro atoms. The van der Waals surface area contributed by atoms with Gasteiger partial charge in [-0.25, -0.2) is 0 Å². The molecule has 0 bridgehead atoms. The van der Waals surface area contributed by atoms with Gasteiger partial charge < -0.3 is 10.1 Å². The molecule has 0 saturated carbocycles. The molecular formula is C13H17NOS. The monoisotopic (exact) mass is 235 g/mol. The Bertz CT molecular complexity index is 382. The van der Waals surface area contributed by atoms with Gasteiger partial charge in [0.1, 0.15) is 12.4 Å². The molecule has 2 aliphatic heterocycles. The van der Waals surface area contributed by atoms with E-state index in [2.05, 4.69) is 42.2 Å². The first-order chi connectivity index (χ1) is 7.84. The minimum Gasteiger partial charge on any atom is -0.492 e. The second-order valence-electron chi connectivity index (χ2n) is 4.71. The fraction of sp³-hybridized carbons (Fsp3) is 0.538. The number of para-hydroxylation sites is 1. The molecule has 3 heteroatoms. The van der Waals surface area contributed by atoms with Crippen LogP contribution in [0.15, 0.2) is 24.3 Å².